The molecule has 1 heterocycles. The van der Waals surface area contributed by atoms with E-state index in [9.17, 15) is 4.79 Å². The largest absolute Gasteiger partial charge is 0.398 e. The Labute approximate surface area is 114 Å². The fourth-order valence-corrected chi connectivity index (χ4v) is 2.80. The van der Waals surface area contributed by atoms with Gasteiger partial charge in [-0.1, -0.05) is 6.07 Å². The number of benzene rings is 1. The van der Waals surface area contributed by atoms with Crippen LogP contribution in [0.15, 0.2) is 35.2 Å². The van der Waals surface area contributed by atoms with Crippen LogP contribution in [0.4, 0.5) is 11.4 Å². The number of thioether (sulfide) groups is 1. The second-order valence-electron chi connectivity index (χ2n) is 3.81. The van der Waals surface area contributed by atoms with Crippen molar-refractivity contribution in [1.82, 2.24) is 0 Å². The summed E-state index contributed by atoms with van der Waals surface area (Å²) in [7, 11) is 0. The van der Waals surface area contributed by atoms with Crippen LogP contribution in [0.5, 0.6) is 0 Å². The maximum absolute atomic E-state index is 12.0. The van der Waals surface area contributed by atoms with Gasteiger partial charge >= 0.3 is 0 Å². The lowest BCUT2D eigenvalue weighted by Crippen LogP contribution is -2.10. The van der Waals surface area contributed by atoms with E-state index in [1.165, 1.54) is 11.3 Å². The Morgan fingerprint density at radius 3 is 2.78 bits per heavy atom. The molecule has 1 aromatic carbocycles. The molecule has 5 heteroatoms. The minimum Gasteiger partial charge on any atom is -0.398 e. The number of nitrogens with one attached hydrogen (secondary N) is 1. The highest BCUT2D eigenvalue weighted by Gasteiger charge is 2.11. The van der Waals surface area contributed by atoms with Crippen molar-refractivity contribution in [2.75, 3.05) is 17.3 Å². The van der Waals surface area contributed by atoms with Crippen LogP contribution < -0.4 is 11.1 Å². The first kappa shape index (κ1) is 13.0. The standard InChI is InChI=1S/C13H14N2OS2/c1-8-11(14)7-12(18-8)13(16)15-9-4-3-5-10(6-9)17-2/h3-7H,14H2,1-2H3,(H,15,16). The Balaban J connectivity index is 2.15. The Morgan fingerprint density at radius 1 is 1.39 bits per heavy atom. The van der Waals surface area contributed by atoms with Crippen molar-refractivity contribution in [3.8, 4) is 0 Å². The molecule has 0 radical (unpaired) electrons. The lowest BCUT2D eigenvalue weighted by Gasteiger charge is -2.04. The van der Waals surface area contributed by atoms with Gasteiger partial charge in [-0.15, -0.1) is 23.1 Å². The first-order valence-corrected chi connectivity index (χ1v) is 7.45. The number of amides is 1. The van der Waals surface area contributed by atoms with E-state index >= 15 is 0 Å². The molecule has 2 aromatic rings. The molecule has 0 unspecified atom stereocenters. The molecule has 0 saturated heterocycles. The molecule has 1 aromatic heterocycles. The maximum Gasteiger partial charge on any atom is 0.265 e. The van der Waals surface area contributed by atoms with Crippen LogP contribution in [0.2, 0.25) is 0 Å². The number of aryl methyl sites for hydroxylation is 1. The molecule has 0 aliphatic carbocycles. The van der Waals surface area contributed by atoms with Crippen LogP contribution >= 0.6 is 23.1 Å². The van der Waals surface area contributed by atoms with Gasteiger partial charge in [-0.3, -0.25) is 4.79 Å². The normalized spacial score (nSPS) is 10.3. The minimum atomic E-state index is -0.113. The van der Waals surface area contributed by atoms with E-state index < -0.39 is 0 Å². The van der Waals surface area contributed by atoms with Crippen molar-refractivity contribution < 1.29 is 4.79 Å². The van der Waals surface area contributed by atoms with Crippen molar-refractivity contribution >= 4 is 40.4 Å². The van der Waals surface area contributed by atoms with E-state index in [0.29, 0.717) is 10.6 Å². The van der Waals surface area contributed by atoms with Gasteiger partial charge in [-0.05, 0) is 37.4 Å². The van der Waals surface area contributed by atoms with E-state index in [4.69, 9.17) is 5.73 Å². The first-order valence-electron chi connectivity index (χ1n) is 5.41. The third-order valence-electron chi connectivity index (χ3n) is 2.51. The molecule has 0 aliphatic rings. The predicted molar refractivity (Wildman–Crippen MR) is 79.6 cm³/mol. The SMILES string of the molecule is CSc1cccc(NC(=O)c2cc(N)c(C)s2)c1. The van der Waals surface area contributed by atoms with Crippen LogP contribution in [0.1, 0.15) is 14.5 Å². The van der Waals surface area contributed by atoms with Crippen LogP contribution in [0.25, 0.3) is 0 Å². The van der Waals surface area contributed by atoms with Gasteiger partial charge in [-0.2, -0.15) is 0 Å². The fraction of sp³-hybridized carbons (Fsp3) is 0.154. The smallest absolute Gasteiger partial charge is 0.265 e. The summed E-state index contributed by atoms with van der Waals surface area (Å²) in [5, 5.41) is 2.88. The summed E-state index contributed by atoms with van der Waals surface area (Å²) in [4.78, 5) is 14.7. The molecular weight excluding hydrogens is 264 g/mol. The number of rotatable bonds is 3. The number of carbonyl (C=O) groups excluding carboxylic acids is 1. The summed E-state index contributed by atoms with van der Waals surface area (Å²) in [6.45, 7) is 1.91. The average molecular weight is 278 g/mol. The van der Waals surface area contributed by atoms with Gasteiger partial charge in [0.25, 0.3) is 5.91 Å². The predicted octanol–water partition coefficient (Wildman–Crippen LogP) is 3.61. The zero-order valence-corrected chi connectivity index (χ0v) is 11.8. The van der Waals surface area contributed by atoms with Gasteiger partial charge in [0.15, 0.2) is 0 Å². The summed E-state index contributed by atoms with van der Waals surface area (Å²) in [6, 6.07) is 9.48. The fourth-order valence-electron chi connectivity index (χ4n) is 1.50. The van der Waals surface area contributed by atoms with Crippen molar-refractivity contribution in [3.05, 3.63) is 40.1 Å². The summed E-state index contributed by atoms with van der Waals surface area (Å²) in [5.41, 5.74) is 7.22. The van der Waals surface area contributed by atoms with Crippen molar-refractivity contribution in [1.29, 1.82) is 0 Å². The zero-order valence-electron chi connectivity index (χ0n) is 10.2. The van der Waals surface area contributed by atoms with E-state index in [1.54, 1.807) is 17.8 Å². The van der Waals surface area contributed by atoms with Gasteiger partial charge in [0.05, 0.1) is 4.88 Å². The van der Waals surface area contributed by atoms with Crippen LogP contribution in [0, 0.1) is 6.92 Å². The van der Waals surface area contributed by atoms with E-state index in [-0.39, 0.29) is 5.91 Å². The average Bonchev–Trinajstić information content (AvgIpc) is 2.70. The molecule has 1 amide bonds. The number of nitrogen functional groups attached to an aromatic ring is 1. The highest BCUT2D eigenvalue weighted by atomic mass is 32.2. The molecule has 0 fully saturated rings. The Kier molecular flexibility index (Phi) is 3.93. The summed E-state index contributed by atoms with van der Waals surface area (Å²) >= 11 is 3.05. The Bertz CT molecular complexity index is 559. The first-order chi connectivity index (χ1) is 8.60. The summed E-state index contributed by atoms with van der Waals surface area (Å²) in [5.74, 6) is -0.113. The second-order valence-corrected chi connectivity index (χ2v) is 5.94. The number of carbonyl (C=O) groups is 1. The third-order valence-corrected chi connectivity index (χ3v) is 4.30. The van der Waals surface area contributed by atoms with Crippen molar-refractivity contribution in [2.45, 2.75) is 11.8 Å². The molecule has 94 valence electrons. The third kappa shape index (κ3) is 2.86. The van der Waals surface area contributed by atoms with E-state index in [0.717, 1.165) is 15.5 Å². The molecular formula is C13H14N2OS2. The second kappa shape index (κ2) is 5.46. The maximum atomic E-state index is 12.0. The highest BCUT2D eigenvalue weighted by Crippen LogP contribution is 2.25. The molecule has 0 saturated carbocycles. The van der Waals surface area contributed by atoms with Gasteiger partial charge < -0.3 is 11.1 Å². The zero-order chi connectivity index (χ0) is 13.1. The molecule has 2 rings (SSSR count). The van der Waals surface area contributed by atoms with Gasteiger partial charge in [0, 0.05) is 21.1 Å². The summed E-state index contributed by atoms with van der Waals surface area (Å²) < 4.78 is 0. The van der Waals surface area contributed by atoms with Crippen LogP contribution in [-0.2, 0) is 0 Å². The Morgan fingerprint density at radius 2 is 2.17 bits per heavy atom. The number of thiophene rings is 1. The topological polar surface area (TPSA) is 55.1 Å². The number of anilines is 2. The molecule has 0 bridgehead atoms. The van der Waals surface area contributed by atoms with E-state index in [2.05, 4.69) is 5.32 Å². The molecule has 3 N–H and O–H groups in total. The van der Waals surface area contributed by atoms with Gasteiger partial charge in [-0.25, -0.2) is 0 Å². The minimum absolute atomic E-state index is 0.113. The van der Waals surface area contributed by atoms with Crippen molar-refractivity contribution in [3.63, 3.8) is 0 Å². The van der Waals surface area contributed by atoms with Crippen molar-refractivity contribution in [2.24, 2.45) is 0 Å². The quantitative estimate of drug-likeness (QED) is 0.843. The highest BCUT2D eigenvalue weighted by molar-refractivity contribution is 7.98. The number of nitrogens with two attached hydrogens (primary N) is 1. The van der Waals surface area contributed by atoms with Gasteiger partial charge in [0.1, 0.15) is 0 Å². The number of hydrogen-bond donors (Lipinski definition) is 2. The lowest BCUT2D eigenvalue weighted by atomic mass is 10.3. The van der Waals surface area contributed by atoms with Gasteiger partial charge in [0.2, 0.25) is 0 Å². The van der Waals surface area contributed by atoms with Crippen LogP contribution in [0.3, 0.4) is 0 Å². The lowest BCUT2D eigenvalue weighted by molar-refractivity contribution is 0.103. The Hall–Kier alpha value is -1.46. The molecule has 0 spiro atoms. The number of hydrogen-bond acceptors (Lipinski definition) is 4. The van der Waals surface area contributed by atoms with Crippen LogP contribution in [-0.4, -0.2) is 12.2 Å². The van der Waals surface area contributed by atoms with E-state index in [1.807, 2.05) is 37.4 Å². The molecule has 18 heavy (non-hydrogen) atoms. The monoisotopic (exact) mass is 278 g/mol. The molecule has 3 nitrogen and oxygen atoms in total. The molecule has 0 atom stereocenters. The molecule has 0 aliphatic heterocycles. The summed E-state index contributed by atoms with van der Waals surface area (Å²) in [6.07, 6.45) is 2.00.